The van der Waals surface area contributed by atoms with Crippen molar-refractivity contribution in [2.45, 2.75) is 13.0 Å². The van der Waals surface area contributed by atoms with Crippen molar-refractivity contribution >= 4 is 11.9 Å². The first-order valence-electron chi connectivity index (χ1n) is 5.45. The van der Waals surface area contributed by atoms with E-state index in [2.05, 4.69) is 4.98 Å². The molecule has 1 atom stereocenters. The Morgan fingerprint density at radius 1 is 1.67 bits per heavy atom. The van der Waals surface area contributed by atoms with Crippen LogP contribution in [0.3, 0.4) is 0 Å². The Kier molecular flexibility index (Phi) is 3.24. The number of hydrogen-bond donors (Lipinski definition) is 1. The molecule has 92 valence electrons. The van der Waals surface area contributed by atoms with Gasteiger partial charge in [0.2, 0.25) is 5.91 Å². The normalized spacial score (nSPS) is 18.7. The largest absolute Gasteiger partial charge is 0.481 e. The van der Waals surface area contributed by atoms with E-state index < -0.39 is 11.9 Å². The Bertz CT molecular complexity index is 536. The number of carbonyl (C=O) groups excluding carboxylic acids is 1. The van der Waals surface area contributed by atoms with Gasteiger partial charge in [0.15, 0.2) is 0 Å². The van der Waals surface area contributed by atoms with Crippen molar-refractivity contribution in [3.05, 3.63) is 29.6 Å². The highest BCUT2D eigenvalue weighted by Gasteiger charge is 2.34. The SMILES string of the molecule is N#Cc1cc(CN2CC(C(=O)O)CC2=O)ccn1. The molecule has 6 heteroatoms. The van der Waals surface area contributed by atoms with Crippen molar-refractivity contribution in [2.24, 2.45) is 5.92 Å². The molecule has 1 N–H and O–H groups in total. The molecule has 0 saturated carbocycles. The van der Waals surface area contributed by atoms with Crippen LogP contribution in [0.15, 0.2) is 18.3 Å². The predicted molar refractivity (Wildman–Crippen MR) is 60.1 cm³/mol. The van der Waals surface area contributed by atoms with Gasteiger partial charge in [0.25, 0.3) is 0 Å². The van der Waals surface area contributed by atoms with Gasteiger partial charge in [0.1, 0.15) is 11.8 Å². The molecular formula is C12H11N3O3. The zero-order chi connectivity index (χ0) is 13.1. The molecule has 1 aliphatic heterocycles. The molecule has 2 rings (SSSR count). The zero-order valence-electron chi connectivity index (χ0n) is 9.54. The summed E-state index contributed by atoms with van der Waals surface area (Å²) >= 11 is 0. The number of nitrogens with zero attached hydrogens (tertiary/aromatic N) is 3. The molecule has 1 unspecified atom stereocenters. The van der Waals surface area contributed by atoms with Crippen LogP contribution in [0.2, 0.25) is 0 Å². The second kappa shape index (κ2) is 4.84. The molecule has 0 aliphatic carbocycles. The predicted octanol–water partition coefficient (Wildman–Crippen LogP) is 0.386. The first-order valence-corrected chi connectivity index (χ1v) is 5.45. The summed E-state index contributed by atoms with van der Waals surface area (Å²) in [7, 11) is 0. The lowest BCUT2D eigenvalue weighted by molar-refractivity contribution is -0.141. The molecule has 1 aromatic rings. The van der Waals surface area contributed by atoms with Crippen LogP contribution >= 0.6 is 0 Å². The first-order chi connectivity index (χ1) is 8.60. The Morgan fingerprint density at radius 3 is 3.06 bits per heavy atom. The maximum Gasteiger partial charge on any atom is 0.308 e. The van der Waals surface area contributed by atoms with E-state index in [0.717, 1.165) is 5.56 Å². The molecule has 6 nitrogen and oxygen atoms in total. The minimum Gasteiger partial charge on any atom is -0.481 e. The third kappa shape index (κ3) is 2.46. The van der Waals surface area contributed by atoms with Gasteiger partial charge in [-0.1, -0.05) is 0 Å². The minimum atomic E-state index is -0.946. The number of aromatic nitrogens is 1. The van der Waals surface area contributed by atoms with Gasteiger partial charge in [0.05, 0.1) is 5.92 Å². The van der Waals surface area contributed by atoms with Crippen LogP contribution in [0.4, 0.5) is 0 Å². The third-order valence-electron chi connectivity index (χ3n) is 2.88. The number of likely N-dealkylation sites (tertiary alicyclic amines) is 1. The third-order valence-corrected chi connectivity index (χ3v) is 2.88. The summed E-state index contributed by atoms with van der Waals surface area (Å²) in [6.45, 7) is 0.540. The van der Waals surface area contributed by atoms with Crippen LogP contribution in [-0.4, -0.2) is 33.4 Å². The fourth-order valence-corrected chi connectivity index (χ4v) is 1.94. The van der Waals surface area contributed by atoms with E-state index in [4.69, 9.17) is 10.4 Å². The molecule has 0 spiro atoms. The van der Waals surface area contributed by atoms with Crippen LogP contribution < -0.4 is 0 Å². The summed E-state index contributed by atoms with van der Waals surface area (Å²) in [4.78, 5) is 27.8. The number of carbonyl (C=O) groups is 2. The monoisotopic (exact) mass is 245 g/mol. The van der Waals surface area contributed by atoms with Crippen LogP contribution in [0.5, 0.6) is 0 Å². The fourth-order valence-electron chi connectivity index (χ4n) is 1.94. The quantitative estimate of drug-likeness (QED) is 0.831. The van der Waals surface area contributed by atoms with Crippen molar-refractivity contribution in [3.8, 4) is 6.07 Å². The molecule has 0 radical (unpaired) electrons. The van der Waals surface area contributed by atoms with E-state index in [-0.39, 0.29) is 24.6 Å². The summed E-state index contributed by atoms with van der Waals surface area (Å²) in [5.74, 6) is -1.74. The summed E-state index contributed by atoms with van der Waals surface area (Å²) in [5.41, 5.74) is 1.06. The first kappa shape index (κ1) is 12.0. The van der Waals surface area contributed by atoms with Crippen molar-refractivity contribution in [3.63, 3.8) is 0 Å². The second-order valence-electron chi connectivity index (χ2n) is 4.17. The maximum absolute atomic E-state index is 11.6. The lowest BCUT2D eigenvalue weighted by atomic mass is 10.1. The average Bonchev–Trinajstić information content (AvgIpc) is 2.71. The summed E-state index contributed by atoms with van der Waals surface area (Å²) in [6.07, 6.45) is 1.55. The number of pyridine rings is 1. The van der Waals surface area contributed by atoms with Crippen LogP contribution in [0.1, 0.15) is 17.7 Å². The molecule has 1 aliphatic rings. The Balaban J connectivity index is 2.08. The zero-order valence-corrected chi connectivity index (χ0v) is 9.54. The number of carboxylic acids is 1. The lowest BCUT2D eigenvalue weighted by Crippen LogP contribution is -2.25. The standard InChI is InChI=1S/C12H11N3O3/c13-5-10-3-8(1-2-14-10)6-15-7-9(12(17)18)4-11(15)16/h1-3,9H,4,6-7H2,(H,17,18). The Labute approximate surface area is 103 Å². The summed E-state index contributed by atoms with van der Waals surface area (Å²) in [5, 5.41) is 17.6. The van der Waals surface area contributed by atoms with Crippen molar-refractivity contribution in [1.82, 2.24) is 9.88 Å². The molecule has 2 heterocycles. The van der Waals surface area contributed by atoms with Gasteiger partial charge in [-0.3, -0.25) is 9.59 Å². The van der Waals surface area contributed by atoms with Crippen molar-refractivity contribution in [2.75, 3.05) is 6.54 Å². The van der Waals surface area contributed by atoms with Crippen LogP contribution in [0, 0.1) is 17.2 Å². The van der Waals surface area contributed by atoms with Gasteiger partial charge in [0, 0.05) is 25.7 Å². The smallest absolute Gasteiger partial charge is 0.308 e. The topological polar surface area (TPSA) is 94.3 Å². The van der Waals surface area contributed by atoms with Crippen molar-refractivity contribution in [1.29, 1.82) is 5.26 Å². The second-order valence-corrected chi connectivity index (χ2v) is 4.17. The molecule has 1 fully saturated rings. The number of aliphatic carboxylic acids is 1. The van der Waals surface area contributed by atoms with Crippen LogP contribution in [-0.2, 0) is 16.1 Å². The highest BCUT2D eigenvalue weighted by Crippen LogP contribution is 2.20. The molecule has 1 saturated heterocycles. The van der Waals surface area contributed by atoms with Gasteiger partial charge < -0.3 is 10.0 Å². The van der Waals surface area contributed by atoms with E-state index in [0.29, 0.717) is 6.54 Å². The maximum atomic E-state index is 11.6. The van der Waals surface area contributed by atoms with E-state index in [1.807, 2.05) is 6.07 Å². The summed E-state index contributed by atoms with van der Waals surface area (Å²) in [6, 6.07) is 5.23. The van der Waals surface area contributed by atoms with E-state index in [9.17, 15) is 9.59 Å². The van der Waals surface area contributed by atoms with E-state index in [1.165, 1.54) is 11.1 Å². The highest BCUT2D eigenvalue weighted by molar-refractivity contribution is 5.86. The molecule has 0 bridgehead atoms. The van der Waals surface area contributed by atoms with Gasteiger partial charge in [-0.05, 0) is 17.7 Å². The molecular weight excluding hydrogens is 234 g/mol. The van der Waals surface area contributed by atoms with Gasteiger partial charge in [-0.15, -0.1) is 0 Å². The Morgan fingerprint density at radius 2 is 2.44 bits per heavy atom. The van der Waals surface area contributed by atoms with E-state index in [1.54, 1.807) is 12.1 Å². The Hall–Kier alpha value is -2.42. The summed E-state index contributed by atoms with van der Waals surface area (Å²) < 4.78 is 0. The van der Waals surface area contributed by atoms with Crippen LogP contribution in [0.25, 0.3) is 0 Å². The van der Waals surface area contributed by atoms with E-state index >= 15 is 0 Å². The fraction of sp³-hybridized carbons (Fsp3) is 0.333. The number of nitriles is 1. The molecule has 18 heavy (non-hydrogen) atoms. The highest BCUT2D eigenvalue weighted by atomic mass is 16.4. The minimum absolute atomic E-state index is 0.0471. The number of rotatable bonds is 3. The van der Waals surface area contributed by atoms with Crippen molar-refractivity contribution < 1.29 is 14.7 Å². The van der Waals surface area contributed by atoms with Gasteiger partial charge in [-0.2, -0.15) is 5.26 Å². The van der Waals surface area contributed by atoms with Gasteiger partial charge >= 0.3 is 5.97 Å². The number of amides is 1. The lowest BCUT2D eigenvalue weighted by Gasteiger charge is -2.15. The molecule has 1 amide bonds. The van der Waals surface area contributed by atoms with Gasteiger partial charge in [-0.25, -0.2) is 4.98 Å². The number of hydrogen-bond acceptors (Lipinski definition) is 4. The molecule has 1 aromatic heterocycles. The number of carboxylic acid groups (broad SMARTS) is 1. The average molecular weight is 245 g/mol. The molecule has 0 aromatic carbocycles.